The number of nitrogens with zero attached hydrogens (tertiary/aromatic N) is 1. The first kappa shape index (κ1) is 27.4. The van der Waals surface area contributed by atoms with Crippen LogP contribution in [0.5, 0.6) is 11.6 Å². The lowest BCUT2D eigenvalue weighted by Gasteiger charge is -2.19. The maximum absolute atomic E-state index is 14.3. The molecule has 10 heteroatoms. The lowest BCUT2D eigenvalue weighted by molar-refractivity contribution is -0.142. The van der Waals surface area contributed by atoms with Crippen LogP contribution in [0.25, 0.3) is 22.2 Å². The molecular formula is C29H26F2N2O6. The van der Waals surface area contributed by atoms with Gasteiger partial charge in [0.15, 0.2) is 11.6 Å². The van der Waals surface area contributed by atoms with Gasteiger partial charge in [-0.05, 0) is 52.0 Å². The molecule has 39 heavy (non-hydrogen) atoms. The second-order valence-corrected chi connectivity index (χ2v) is 8.83. The summed E-state index contributed by atoms with van der Waals surface area (Å²) < 4.78 is 44.1. The van der Waals surface area contributed by atoms with Crippen molar-refractivity contribution in [3.63, 3.8) is 0 Å². The fourth-order valence-electron chi connectivity index (χ4n) is 4.36. The summed E-state index contributed by atoms with van der Waals surface area (Å²) in [7, 11) is 1.20. The molecule has 8 nitrogen and oxygen atoms in total. The molecule has 4 rings (SSSR count). The maximum Gasteiger partial charge on any atom is 0.344 e. The lowest BCUT2D eigenvalue weighted by Crippen LogP contribution is -2.28. The topological polar surface area (TPSA) is 108 Å². The van der Waals surface area contributed by atoms with E-state index >= 15 is 0 Å². The van der Waals surface area contributed by atoms with Crippen LogP contribution in [0.1, 0.15) is 46.9 Å². The van der Waals surface area contributed by atoms with Gasteiger partial charge in [-0.25, -0.2) is 18.6 Å². The predicted molar refractivity (Wildman–Crippen MR) is 140 cm³/mol. The van der Waals surface area contributed by atoms with Crippen molar-refractivity contribution in [3.8, 4) is 22.9 Å². The number of benzene rings is 2. The molecule has 0 saturated carbocycles. The quantitative estimate of drug-likeness (QED) is 0.301. The average Bonchev–Trinajstić information content (AvgIpc) is 2.92. The predicted octanol–water partition coefficient (Wildman–Crippen LogP) is 5.73. The standard InChI is InChI=1S/C29H26F2N2O6/c1-6-38-29(36)23-25(32-16(4)22(26(23)34)15(3)28(35)37-5)18-13-17-9-7-8-10-20(17)33-27(18)39-21-12-11-19(30)24(31)14(21)2/h7-13,15H,6H2,1-5H3,(H,32,34)/t15-/m0/s1. The zero-order valence-corrected chi connectivity index (χ0v) is 22.0. The monoisotopic (exact) mass is 536 g/mol. The fourth-order valence-corrected chi connectivity index (χ4v) is 4.36. The van der Waals surface area contributed by atoms with Gasteiger partial charge < -0.3 is 19.2 Å². The molecule has 0 bridgehead atoms. The molecule has 0 fully saturated rings. The smallest absolute Gasteiger partial charge is 0.344 e. The maximum atomic E-state index is 14.3. The Morgan fingerprint density at radius 2 is 1.82 bits per heavy atom. The summed E-state index contributed by atoms with van der Waals surface area (Å²) in [5, 5.41) is 0.655. The molecule has 0 saturated heterocycles. The fraction of sp³-hybridized carbons (Fsp3) is 0.241. The Hall–Kier alpha value is -4.60. The molecule has 1 atom stereocenters. The minimum absolute atomic E-state index is 0.00869. The molecule has 2 heterocycles. The molecule has 0 radical (unpaired) electrons. The number of H-pyrrole nitrogens is 1. The van der Waals surface area contributed by atoms with E-state index in [1.165, 1.54) is 27.0 Å². The van der Waals surface area contributed by atoms with Crippen LogP contribution in [0.3, 0.4) is 0 Å². The van der Waals surface area contributed by atoms with Crippen molar-refractivity contribution in [2.24, 2.45) is 0 Å². The highest BCUT2D eigenvalue weighted by atomic mass is 19.2. The highest BCUT2D eigenvalue weighted by Crippen LogP contribution is 2.37. The SMILES string of the molecule is CCOC(=O)c1c(-c2cc3ccccc3nc2Oc2ccc(F)c(F)c2C)[nH]c(C)c([C@H](C)C(=O)OC)c1=O. The Labute approximate surface area is 222 Å². The Balaban J connectivity index is 2.04. The number of halogens is 2. The van der Waals surface area contributed by atoms with Gasteiger partial charge in [0.2, 0.25) is 11.3 Å². The second-order valence-electron chi connectivity index (χ2n) is 8.83. The summed E-state index contributed by atoms with van der Waals surface area (Å²) in [6.45, 7) is 6.02. The van der Waals surface area contributed by atoms with Gasteiger partial charge in [-0.1, -0.05) is 18.2 Å². The Kier molecular flexibility index (Phi) is 7.75. The van der Waals surface area contributed by atoms with Gasteiger partial charge in [-0.2, -0.15) is 0 Å². The van der Waals surface area contributed by atoms with E-state index in [0.29, 0.717) is 16.6 Å². The number of pyridine rings is 2. The summed E-state index contributed by atoms with van der Waals surface area (Å²) in [6, 6.07) is 10.9. The van der Waals surface area contributed by atoms with E-state index in [0.717, 1.165) is 6.07 Å². The molecule has 0 amide bonds. The van der Waals surface area contributed by atoms with Crippen LogP contribution in [0, 0.1) is 25.5 Å². The molecule has 4 aromatic rings. The van der Waals surface area contributed by atoms with Crippen molar-refractivity contribution in [2.75, 3.05) is 13.7 Å². The van der Waals surface area contributed by atoms with E-state index in [1.807, 2.05) is 0 Å². The van der Waals surface area contributed by atoms with Crippen LogP contribution in [-0.2, 0) is 14.3 Å². The minimum atomic E-state index is -1.08. The third-order valence-corrected chi connectivity index (χ3v) is 6.36. The van der Waals surface area contributed by atoms with Crippen molar-refractivity contribution in [3.05, 3.63) is 86.7 Å². The molecule has 202 valence electrons. The van der Waals surface area contributed by atoms with E-state index in [9.17, 15) is 23.2 Å². The largest absolute Gasteiger partial charge is 0.469 e. The number of ether oxygens (including phenoxy) is 3. The van der Waals surface area contributed by atoms with Crippen LogP contribution in [0.4, 0.5) is 8.78 Å². The zero-order valence-electron chi connectivity index (χ0n) is 22.0. The first-order valence-corrected chi connectivity index (χ1v) is 12.1. The zero-order chi connectivity index (χ0) is 28.4. The number of aromatic amines is 1. The third-order valence-electron chi connectivity index (χ3n) is 6.36. The summed E-state index contributed by atoms with van der Waals surface area (Å²) in [5.74, 6) is -4.75. The second kappa shape index (κ2) is 11.0. The number of nitrogens with one attached hydrogen (secondary N) is 1. The van der Waals surface area contributed by atoms with Crippen molar-refractivity contribution < 1.29 is 32.6 Å². The van der Waals surface area contributed by atoms with E-state index in [4.69, 9.17) is 14.2 Å². The number of aromatic nitrogens is 2. The van der Waals surface area contributed by atoms with Crippen LogP contribution < -0.4 is 10.2 Å². The van der Waals surface area contributed by atoms with E-state index in [2.05, 4.69) is 9.97 Å². The lowest BCUT2D eigenvalue weighted by atomic mass is 9.94. The number of methoxy groups -OCH3 is 1. The summed E-state index contributed by atoms with van der Waals surface area (Å²) in [6.07, 6.45) is 0. The van der Waals surface area contributed by atoms with Gasteiger partial charge in [0.25, 0.3) is 0 Å². The summed E-state index contributed by atoms with van der Waals surface area (Å²) in [5.41, 5.74) is -0.0792. The average molecular weight is 537 g/mol. The number of carbonyl (C=O) groups excluding carboxylic acids is 2. The number of esters is 2. The minimum Gasteiger partial charge on any atom is -0.469 e. The molecule has 0 aliphatic heterocycles. The molecule has 0 aliphatic carbocycles. The van der Waals surface area contributed by atoms with E-state index in [-0.39, 0.29) is 46.2 Å². The first-order chi connectivity index (χ1) is 18.6. The Morgan fingerprint density at radius 3 is 2.51 bits per heavy atom. The van der Waals surface area contributed by atoms with Crippen LogP contribution in [-0.4, -0.2) is 35.6 Å². The molecule has 2 aromatic carbocycles. The van der Waals surface area contributed by atoms with Crippen LogP contribution in [0.2, 0.25) is 0 Å². The third kappa shape index (κ3) is 5.09. The Bertz CT molecular complexity index is 1660. The van der Waals surface area contributed by atoms with E-state index in [1.54, 1.807) is 44.2 Å². The summed E-state index contributed by atoms with van der Waals surface area (Å²) in [4.78, 5) is 46.8. The normalized spacial score (nSPS) is 11.8. The van der Waals surface area contributed by atoms with Gasteiger partial charge in [-0.15, -0.1) is 0 Å². The van der Waals surface area contributed by atoms with Gasteiger partial charge in [0, 0.05) is 22.2 Å². The molecule has 1 N–H and O–H groups in total. The van der Waals surface area contributed by atoms with Gasteiger partial charge in [0.1, 0.15) is 11.3 Å². The number of para-hydroxylation sites is 1. The molecule has 0 aliphatic rings. The molecule has 0 spiro atoms. The highest BCUT2D eigenvalue weighted by molar-refractivity contribution is 5.99. The number of aryl methyl sites for hydroxylation is 1. The van der Waals surface area contributed by atoms with Crippen molar-refractivity contribution >= 4 is 22.8 Å². The van der Waals surface area contributed by atoms with Crippen LogP contribution in [0.15, 0.2) is 47.3 Å². The molecular weight excluding hydrogens is 510 g/mol. The van der Waals surface area contributed by atoms with E-state index < -0.39 is 34.9 Å². The Morgan fingerprint density at radius 1 is 1.10 bits per heavy atom. The van der Waals surface area contributed by atoms with Crippen molar-refractivity contribution in [2.45, 2.75) is 33.6 Å². The number of hydrogen-bond acceptors (Lipinski definition) is 7. The van der Waals surface area contributed by atoms with Crippen LogP contribution >= 0.6 is 0 Å². The number of carbonyl (C=O) groups is 2. The van der Waals surface area contributed by atoms with Gasteiger partial charge in [-0.3, -0.25) is 9.59 Å². The number of rotatable bonds is 7. The highest BCUT2D eigenvalue weighted by Gasteiger charge is 2.30. The summed E-state index contributed by atoms with van der Waals surface area (Å²) >= 11 is 0. The van der Waals surface area contributed by atoms with Gasteiger partial charge in [0.05, 0.1) is 36.4 Å². The molecule has 0 unspecified atom stereocenters. The first-order valence-electron chi connectivity index (χ1n) is 12.1. The number of hydrogen-bond donors (Lipinski definition) is 1. The number of fused-ring (bicyclic) bond motifs is 1. The van der Waals surface area contributed by atoms with Crippen molar-refractivity contribution in [1.82, 2.24) is 9.97 Å². The molecule has 2 aromatic heterocycles. The van der Waals surface area contributed by atoms with Gasteiger partial charge >= 0.3 is 11.9 Å². The van der Waals surface area contributed by atoms with Crippen molar-refractivity contribution in [1.29, 1.82) is 0 Å².